The largest absolute Gasteiger partial charge is 0.398 e. The summed E-state index contributed by atoms with van der Waals surface area (Å²) in [6, 6.07) is 42.2. The van der Waals surface area contributed by atoms with Gasteiger partial charge in [-0.2, -0.15) is 0 Å². The molecule has 2 aliphatic rings. The van der Waals surface area contributed by atoms with E-state index < -0.39 is 0 Å². The van der Waals surface area contributed by atoms with E-state index in [1.807, 2.05) is 0 Å². The standard InChI is InChI=1S/C37H27N/c38-35-21-25(19-18-24(35)17-16-23-8-2-1-3-9-23)27-13-6-10-26-20-32-31-15-7-14-30-28-11-4-5-12-29(28)33(37(30)31)22-34(32)36(26)27/h1-15,18-19,21-22H,16-17,20,38H2. The lowest BCUT2D eigenvalue weighted by molar-refractivity contribution is 0.963. The minimum atomic E-state index is 0.880. The zero-order chi connectivity index (χ0) is 25.2. The molecule has 0 aliphatic heterocycles. The van der Waals surface area contributed by atoms with E-state index in [0.29, 0.717) is 0 Å². The van der Waals surface area contributed by atoms with Crippen molar-refractivity contribution in [2.45, 2.75) is 19.3 Å². The predicted octanol–water partition coefficient (Wildman–Crippen LogP) is 9.09. The van der Waals surface area contributed by atoms with Crippen molar-refractivity contribution >= 4 is 16.5 Å². The van der Waals surface area contributed by atoms with E-state index in [-0.39, 0.29) is 0 Å². The zero-order valence-electron chi connectivity index (χ0n) is 21.2. The van der Waals surface area contributed by atoms with E-state index in [2.05, 4.69) is 115 Å². The molecule has 0 saturated heterocycles. The van der Waals surface area contributed by atoms with Crippen LogP contribution in [0.1, 0.15) is 22.3 Å². The number of hydrogen-bond acceptors (Lipinski definition) is 1. The molecule has 0 fully saturated rings. The lowest BCUT2D eigenvalue weighted by Gasteiger charge is -2.14. The predicted molar refractivity (Wildman–Crippen MR) is 160 cm³/mol. The normalized spacial score (nSPS) is 12.4. The molecule has 6 aromatic rings. The molecule has 6 aromatic carbocycles. The number of nitrogen functional groups attached to an aromatic ring is 1. The zero-order valence-corrected chi connectivity index (χ0v) is 21.2. The molecule has 8 rings (SSSR count). The fourth-order valence-electron chi connectivity index (χ4n) is 6.76. The van der Waals surface area contributed by atoms with Gasteiger partial charge >= 0.3 is 0 Å². The van der Waals surface area contributed by atoms with Gasteiger partial charge in [0.15, 0.2) is 0 Å². The molecule has 2 aliphatic carbocycles. The first-order valence-electron chi connectivity index (χ1n) is 13.5. The summed E-state index contributed by atoms with van der Waals surface area (Å²) in [6.07, 6.45) is 2.92. The molecule has 1 nitrogen and oxygen atoms in total. The van der Waals surface area contributed by atoms with Gasteiger partial charge in [0.05, 0.1) is 0 Å². The molecule has 0 unspecified atom stereocenters. The molecule has 0 bridgehead atoms. The first-order chi connectivity index (χ1) is 18.8. The van der Waals surface area contributed by atoms with Gasteiger partial charge in [-0.1, -0.05) is 103 Å². The number of rotatable bonds is 4. The maximum Gasteiger partial charge on any atom is 0.0352 e. The number of nitrogens with two attached hydrogens (primary N) is 1. The third kappa shape index (κ3) is 3.12. The molecule has 0 spiro atoms. The summed E-state index contributed by atoms with van der Waals surface area (Å²) in [4.78, 5) is 0. The average Bonchev–Trinajstić information content (AvgIpc) is 3.50. The first kappa shape index (κ1) is 21.5. The summed E-state index contributed by atoms with van der Waals surface area (Å²) < 4.78 is 0. The number of hydrogen-bond donors (Lipinski definition) is 1. The number of fused-ring (bicyclic) bond motifs is 7. The Balaban J connectivity index is 1.24. The van der Waals surface area contributed by atoms with Crippen LogP contribution in [0, 0.1) is 0 Å². The van der Waals surface area contributed by atoms with Gasteiger partial charge in [-0.05, 0) is 109 Å². The molecule has 0 aromatic heterocycles. The van der Waals surface area contributed by atoms with Crippen molar-refractivity contribution in [2.24, 2.45) is 0 Å². The van der Waals surface area contributed by atoms with Gasteiger partial charge in [0.1, 0.15) is 0 Å². The average molecular weight is 486 g/mol. The third-order valence-corrected chi connectivity index (χ3v) is 8.55. The molecule has 0 radical (unpaired) electrons. The van der Waals surface area contributed by atoms with Crippen LogP contribution in [0.5, 0.6) is 0 Å². The maximum absolute atomic E-state index is 6.64. The van der Waals surface area contributed by atoms with E-state index >= 15 is 0 Å². The molecule has 0 atom stereocenters. The van der Waals surface area contributed by atoms with Crippen molar-refractivity contribution in [1.82, 2.24) is 0 Å². The lowest BCUT2D eigenvalue weighted by Crippen LogP contribution is -1.98. The number of aryl methyl sites for hydroxylation is 2. The van der Waals surface area contributed by atoms with Gasteiger partial charge in [0, 0.05) is 5.69 Å². The van der Waals surface area contributed by atoms with Gasteiger partial charge in [-0.3, -0.25) is 0 Å². The fraction of sp³-hybridized carbons (Fsp3) is 0.0811. The highest BCUT2D eigenvalue weighted by molar-refractivity contribution is 6.18. The maximum atomic E-state index is 6.64. The summed E-state index contributed by atoms with van der Waals surface area (Å²) in [7, 11) is 0. The summed E-state index contributed by atoms with van der Waals surface area (Å²) >= 11 is 0. The van der Waals surface area contributed by atoms with Crippen molar-refractivity contribution in [3.8, 4) is 44.5 Å². The van der Waals surface area contributed by atoms with Crippen LogP contribution in [0.15, 0.2) is 115 Å². The number of benzene rings is 6. The monoisotopic (exact) mass is 485 g/mol. The Morgan fingerprint density at radius 3 is 2.13 bits per heavy atom. The van der Waals surface area contributed by atoms with E-state index in [0.717, 1.165) is 24.9 Å². The van der Waals surface area contributed by atoms with Gasteiger partial charge < -0.3 is 5.73 Å². The van der Waals surface area contributed by atoms with Crippen molar-refractivity contribution < 1.29 is 0 Å². The Labute approximate surface area is 223 Å². The summed E-state index contributed by atoms with van der Waals surface area (Å²) in [5.74, 6) is 0. The highest BCUT2D eigenvalue weighted by Gasteiger charge is 2.29. The second-order valence-electron chi connectivity index (χ2n) is 10.6. The number of anilines is 1. The molecule has 0 heterocycles. The van der Waals surface area contributed by atoms with Crippen LogP contribution in [0.4, 0.5) is 5.69 Å². The van der Waals surface area contributed by atoms with Crippen molar-refractivity contribution in [3.05, 3.63) is 138 Å². The molecule has 0 amide bonds. The fourth-order valence-corrected chi connectivity index (χ4v) is 6.76. The van der Waals surface area contributed by atoms with Crippen LogP contribution in [-0.2, 0) is 19.3 Å². The van der Waals surface area contributed by atoms with Gasteiger partial charge in [0.25, 0.3) is 0 Å². The van der Waals surface area contributed by atoms with Crippen molar-refractivity contribution in [1.29, 1.82) is 0 Å². The van der Waals surface area contributed by atoms with Gasteiger partial charge in [0.2, 0.25) is 0 Å². The third-order valence-electron chi connectivity index (χ3n) is 8.55. The van der Waals surface area contributed by atoms with E-state index in [1.165, 1.54) is 77.5 Å². The molecule has 1 heteroatoms. The minimum absolute atomic E-state index is 0.880. The van der Waals surface area contributed by atoms with E-state index in [4.69, 9.17) is 5.73 Å². The molecular formula is C37H27N. The van der Waals surface area contributed by atoms with Crippen LogP contribution >= 0.6 is 0 Å². The first-order valence-corrected chi connectivity index (χ1v) is 13.5. The SMILES string of the molecule is Nc1cc(-c2cccc3c2-c2cc4c5c(cccc5c2C3)-c2ccccc2-4)ccc1CCc1ccccc1. The summed E-state index contributed by atoms with van der Waals surface area (Å²) in [5, 5.41) is 2.80. The minimum Gasteiger partial charge on any atom is -0.398 e. The smallest absolute Gasteiger partial charge is 0.0352 e. The Bertz CT molecular complexity index is 1900. The molecular weight excluding hydrogens is 458 g/mol. The molecule has 2 N–H and O–H groups in total. The summed E-state index contributed by atoms with van der Waals surface area (Å²) in [6.45, 7) is 0. The van der Waals surface area contributed by atoms with Crippen LogP contribution in [-0.4, -0.2) is 0 Å². The van der Waals surface area contributed by atoms with Crippen LogP contribution in [0.25, 0.3) is 55.3 Å². The highest BCUT2D eigenvalue weighted by atomic mass is 14.6. The van der Waals surface area contributed by atoms with Crippen molar-refractivity contribution in [3.63, 3.8) is 0 Å². The molecule has 180 valence electrons. The summed E-state index contributed by atoms with van der Waals surface area (Å²) in [5.41, 5.74) is 23.6. The van der Waals surface area contributed by atoms with Crippen molar-refractivity contribution in [2.75, 3.05) is 5.73 Å². The van der Waals surface area contributed by atoms with Crippen LogP contribution in [0.2, 0.25) is 0 Å². The molecule has 38 heavy (non-hydrogen) atoms. The Morgan fingerprint density at radius 2 is 1.29 bits per heavy atom. The Hall–Kier alpha value is -4.62. The Kier molecular flexibility index (Phi) is 4.63. The van der Waals surface area contributed by atoms with Gasteiger partial charge in [-0.15, -0.1) is 0 Å². The topological polar surface area (TPSA) is 26.0 Å². The lowest BCUT2D eigenvalue weighted by atomic mass is 9.90. The van der Waals surface area contributed by atoms with Gasteiger partial charge in [-0.25, -0.2) is 0 Å². The van der Waals surface area contributed by atoms with Crippen LogP contribution in [0.3, 0.4) is 0 Å². The second-order valence-corrected chi connectivity index (χ2v) is 10.6. The second kappa shape index (κ2) is 8.19. The van der Waals surface area contributed by atoms with Crippen LogP contribution < -0.4 is 5.73 Å². The molecule has 0 saturated carbocycles. The highest BCUT2D eigenvalue weighted by Crippen LogP contribution is 2.53. The quantitative estimate of drug-likeness (QED) is 0.247. The van der Waals surface area contributed by atoms with E-state index in [1.54, 1.807) is 0 Å². The Morgan fingerprint density at radius 1 is 0.553 bits per heavy atom. The van der Waals surface area contributed by atoms with E-state index in [9.17, 15) is 0 Å².